The molecule has 1 heterocycles. The monoisotopic (exact) mass is 196 g/mol. The van der Waals surface area contributed by atoms with E-state index in [1.807, 2.05) is 0 Å². The summed E-state index contributed by atoms with van der Waals surface area (Å²) in [6.07, 6.45) is 1.53. The first-order valence-electron chi connectivity index (χ1n) is 3.68. The van der Waals surface area contributed by atoms with Crippen molar-refractivity contribution in [2.24, 2.45) is 0 Å². The topological polar surface area (TPSA) is 38.9 Å². The van der Waals surface area contributed by atoms with E-state index in [2.05, 4.69) is 4.98 Å². The number of fused-ring (bicyclic) bond motifs is 1. The number of halogens is 2. The van der Waals surface area contributed by atoms with Crippen LogP contribution in [0.2, 0.25) is 5.02 Å². The number of aromatic nitrogens is 1. The molecule has 2 rings (SSSR count). The van der Waals surface area contributed by atoms with Crippen LogP contribution in [-0.2, 0) is 0 Å². The van der Waals surface area contributed by atoms with Gasteiger partial charge in [0.05, 0.1) is 10.5 Å². The van der Waals surface area contributed by atoms with Crippen LogP contribution >= 0.6 is 11.6 Å². The first-order chi connectivity index (χ1) is 6.18. The van der Waals surface area contributed by atoms with Gasteiger partial charge in [0.1, 0.15) is 5.82 Å². The molecule has 2 aromatic rings. The summed E-state index contributed by atoms with van der Waals surface area (Å²) in [4.78, 5) is 3.97. The second-order valence-electron chi connectivity index (χ2n) is 2.68. The zero-order chi connectivity index (χ0) is 9.42. The smallest absolute Gasteiger partial charge is 0.143 e. The maximum absolute atomic E-state index is 13.0. The van der Waals surface area contributed by atoms with Crippen LogP contribution in [0.3, 0.4) is 0 Å². The van der Waals surface area contributed by atoms with Gasteiger partial charge in [-0.05, 0) is 12.1 Å². The van der Waals surface area contributed by atoms with Crippen molar-refractivity contribution in [3.8, 4) is 0 Å². The Kier molecular flexibility index (Phi) is 1.81. The van der Waals surface area contributed by atoms with E-state index in [0.29, 0.717) is 16.6 Å². The van der Waals surface area contributed by atoms with Crippen molar-refractivity contribution in [1.29, 1.82) is 0 Å². The zero-order valence-corrected chi connectivity index (χ0v) is 7.35. The van der Waals surface area contributed by atoms with Gasteiger partial charge in [0.15, 0.2) is 0 Å². The number of benzene rings is 1. The van der Waals surface area contributed by atoms with E-state index in [0.717, 1.165) is 0 Å². The zero-order valence-electron chi connectivity index (χ0n) is 6.59. The first kappa shape index (κ1) is 8.26. The summed E-state index contributed by atoms with van der Waals surface area (Å²) in [7, 11) is 0. The van der Waals surface area contributed by atoms with Gasteiger partial charge in [0.25, 0.3) is 0 Å². The molecule has 4 heteroatoms. The second-order valence-corrected chi connectivity index (χ2v) is 3.09. The fraction of sp³-hybridized carbons (Fsp3) is 0. The molecule has 0 amide bonds. The Bertz CT molecular complexity index is 470. The van der Waals surface area contributed by atoms with Gasteiger partial charge in [-0.15, -0.1) is 0 Å². The van der Waals surface area contributed by atoms with Gasteiger partial charge in [-0.2, -0.15) is 0 Å². The maximum atomic E-state index is 13.0. The van der Waals surface area contributed by atoms with E-state index in [9.17, 15) is 4.39 Å². The number of nitrogens with two attached hydrogens (primary N) is 1. The van der Waals surface area contributed by atoms with Crippen molar-refractivity contribution in [3.63, 3.8) is 0 Å². The minimum Gasteiger partial charge on any atom is -0.398 e. The minimum absolute atomic E-state index is 0.0622. The van der Waals surface area contributed by atoms with Crippen molar-refractivity contribution in [2.75, 3.05) is 5.73 Å². The lowest BCUT2D eigenvalue weighted by Crippen LogP contribution is -1.89. The van der Waals surface area contributed by atoms with Crippen LogP contribution < -0.4 is 5.73 Å². The number of nitrogens with zero attached hydrogens (tertiary/aromatic N) is 1. The average Bonchev–Trinajstić information content (AvgIpc) is 2.09. The number of rotatable bonds is 0. The Labute approximate surface area is 79.1 Å². The molecule has 0 bridgehead atoms. The van der Waals surface area contributed by atoms with Crippen molar-refractivity contribution in [3.05, 3.63) is 35.2 Å². The Morgan fingerprint density at radius 1 is 1.38 bits per heavy atom. The van der Waals surface area contributed by atoms with Crippen LogP contribution in [-0.4, -0.2) is 4.98 Å². The molecule has 13 heavy (non-hydrogen) atoms. The molecule has 0 saturated heterocycles. The van der Waals surface area contributed by atoms with Crippen molar-refractivity contribution >= 4 is 28.2 Å². The highest BCUT2D eigenvalue weighted by atomic mass is 35.5. The molecule has 0 saturated carbocycles. The Balaban J connectivity index is 2.89. The third kappa shape index (κ3) is 1.31. The SMILES string of the molecule is Nc1ccnc2cc(F)c(Cl)cc12. The van der Waals surface area contributed by atoms with Crippen molar-refractivity contribution in [2.45, 2.75) is 0 Å². The second kappa shape index (κ2) is 2.85. The molecular weight excluding hydrogens is 191 g/mol. The van der Waals surface area contributed by atoms with E-state index in [1.54, 1.807) is 6.07 Å². The van der Waals surface area contributed by atoms with Crippen LogP contribution in [0.4, 0.5) is 10.1 Å². The summed E-state index contributed by atoms with van der Waals surface area (Å²) in [5.74, 6) is -0.479. The summed E-state index contributed by atoms with van der Waals surface area (Å²) in [6.45, 7) is 0. The van der Waals surface area contributed by atoms with Gasteiger partial charge in [-0.1, -0.05) is 11.6 Å². The average molecular weight is 197 g/mol. The Hall–Kier alpha value is -1.35. The van der Waals surface area contributed by atoms with E-state index in [4.69, 9.17) is 17.3 Å². The number of nitrogen functional groups attached to an aromatic ring is 1. The third-order valence-corrected chi connectivity index (χ3v) is 2.11. The lowest BCUT2D eigenvalue weighted by atomic mass is 10.2. The van der Waals surface area contributed by atoms with E-state index >= 15 is 0 Å². The predicted molar refractivity (Wildman–Crippen MR) is 51.1 cm³/mol. The molecule has 0 aliphatic carbocycles. The van der Waals surface area contributed by atoms with E-state index < -0.39 is 5.82 Å². The molecule has 0 aliphatic heterocycles. The molecular formula is C9H6ClFN2. The van der Waals surface area contributed by atoms with Crippen LogP contribution in [0, 0.1) is 5.82 Å². The van der Waals surface area contributed by atoms with Gasteiger partial charge >= 0.3 is 0 Å². The largest absolute Gasteiger partial charge is 0.398 e. The van der Waals surface area contributed by atoms with Crippen LogP contribution in [0.15, 0.2) is 24.4 Å². The molecule has 0 atom stereocenters. The molecule has 2 N–H and O–H groups in total. The Morgan fingerprint density at radius 3 is 2.92 bits per heavy atom. The molecule has 1 aromatic carbocycles. The summed E-state index contributed by atoms with van der Waals surface area (Å²) < 4.78 is 13.0. The lowest BCUT2D eigenvalue weighted by Gasteiger charge is -2.01. The summed E-state index contributed by atoms with van der Waals surface area (Å²) in [6, 6.07) is 4.40. The van der Waals surface area contributed by atoms with Gasteiger partial charge in [-0.3, -0.25) is 4.98 Å². The lowest BCUT2D eigenvalue weighted by molar-refractivity contribution is 0.630. The molecule has 0 radical (unpaired) electrons. The highest BCUT2D eigenvalue weighted by Crippen LogP contribution is 2.24. The number of pyridine rings is 1. The highest BCUT2D eigenvalue weighted by Gasteiger charge is 2.04. The number of hydrogen-bond donors (Lipinski definition) is 1. The van der Waals surface area contributed by atoms with Gasteiger partial charge < -0.3 is 5.73 Å². The molecule has 0 spiro atoms. The molecule has 0 unspecified atom stereocenters. The van der Waals surface area contributed by atoms with Gasteiger partial charge in [-0.25, -0.2) is 4.39 Å². The maximum Gasteiger partial charge on any atom is 0.143 e. The summed E-state index contributed by atoms with van der Waals surface area (Å²) in [5, 5.41) is 0.737. The first-order valence-corrected chi connectivity index (χ1v) is 4.05. The number of anilines is 1. The molecule has 66 valence electrons. The standard InChI is InChI=1S/C9H6ClFN2/c10-6-3-5-8(12)1-2-13-9(5)4-7(6)11/h1-4H,(H2,12,13). The van der Waals surface area contributed by atoms with Gasteiger partial charge in [0, 0.05) is 23.3 Å². The predicted octanol–water partition coefficient (Wildman–Crippen LogP) is 2.61. The van der Waals surface area contributed by atoms with Crippen LogP contribution in [0.1, 0.15) is 0 Å². The molecule has 2 nitrogen and oxygen atoms in total. The normalized spacial score (nSPS) is 10.6. The fourth-order valence-electron chi connectivity index (χ4n) is 1.16. The third-order valence-electron chi connectivity index (χ3n) is 1.82. The van der Waals surface area contributed by atoms with Crippen LogP contribution in [0.5, 0.6) is 0 Å². The Morgan fingerprint density at radius 2 is 2.15 bits per heavy atom. The number of hydrogen-bond acceptors (Lipinski definition) is 2. The quantitative estimate of drug-likeness (QED) is 0.704. The molecule has 0 aliphatic rings. The van der Waals surface area contributed by atoms with Crippen molar-refractivity contribution < 1.29 is 4.39 Å². The van der Waals surface area contributed by atoms with Crippen molar-refractivity contribution in [1.82, 2.24) is 4.98 Å². The molecule has 1 aromatic heterocycles. The minimum atomic E-state index is -0.479. The van der Waals surface area contributed by atoms with E-state index in [1.165, 1.54) is 18.3 Å². The van der Waals surface area contributed by atoms with E-state index in [-0.39, 0.29) is 5.02 Å². The van der Waals surface area contributed by atoms with Crippen LogP contribution in [0.25, 0.3) is 10.9 Å². The summed E-state index contributed by atoms with van der Waals surface area (Å²) in [5.41, 5.74) is 6.72. The summed E-state index contributed by atoms with van der Waals surface area (Å²) >= 11 is 5.60. The molecule has 0 fully saturated rings. The fourth-order valence-corrected chi connectivity index (χ4v) is 1.33. The highest BCUT2D eigenvalue weighted by molar-refractivity contribution is 6.31. The van der Waals surface area contributed by atoms with Gasteiger partial charge in [0.2, 0.25) is 0 Å².